The highest BCUT2D eigenvalue weighted by molar-refractivity contribution is 6.42. The summed E-state index contributed by atoms with van der Waals surface area (Å²) in [6.45, 7) is 0. The van der Waals surface area contributed by atoms with E-state index >= 15 is 0 Å². The van der Waals surface area contributed by atoms with Crippen LogP contribution in [-0.4, -0.2) is 27.8 Å². The minimum Gasteiger partial charge on any atom is -0.497 e. The van der Waals surface area contributed by atoms with Gasteiger partial charge in [-0.25, -0.2) is 9.67 Å². The maximum Gasteiger partial charge on any atom is 0.295 e. The lowest BCUT2D eigenvalue weighted by Crippen LogP contribution is -2.14. The van der Waals surface area contributed by atoms with Gasteiger partial charge in [-0.05, 0) is 54.6 Å². The fraction of sp³-hybridized carbons (Fsp3) is 0.0455. The first-order valence-electron chi connectivity index (χ1n) is 9.08. The van der Waals surface area contributed by atoms with Gasteiger partial charge in [0.25, 0.3) is 5.91 Å². The Morgan fingerprint density at radius 1 is 0.968 bits per heavy atom. The molecule has 0 spiro atoms. The zero-order chi connectivity index (χ0) is 22.0. The van der Waals surface area contributed by atoms with Crippen LogP contribution in [0.15, 0.2) is 66.7 Å². The van der Waals surface area contributed by atoms with Crippen molar-refractivity contribution in [2.75, 3.05) is 12.4 Å². The lowest BCUT2D eigenvalue weighted by Gasteiger charge is -2.07. The van der Waals surface area contributed by atoms with Gasteiger partial charge < -0.3 is 10.1 Å². The first kappa shape index (κ1) is 21.2. The highest BCUT2D eigenvalue weighted by atomic mass is 35.5. The van der Waals surface area contributed by atoms with E-state index in [9.17, 15) is 4.79 Å². The number of rotatable bonds is 5. The number of methoxy groups -OCH3 is 1. The van der Waals surface area contributed by atoms with E-state index in [1.54, 1.807) is 73.8 Å². The maximum atomic E-state index is 12.9. The SMILES string of the molecule is COc1cccc(NC(=O)c2nc(-c3ccc(Cl)cc3)n(-c3ccc(Cl)c(Cl)c3)n2)c1. The van der Waals surface area contributed by atoms with E-state index in [1.165, 1.54) is 4.68 Å². The molecular formula is C22H15Cl3N4O2. The molecule has 9 heteroatoms. The molecule has 0 atom stereocenters. The van der Waals surface area contributed by atoms with Gasteiger partial charge in [0.15, 0.2) is 5.82 Å². The molecule has 0 fully saturated rings. The second kappa shape index (κ2) is 8.98. The van der Waals surface area contributed by atoms with E-state index in [0.717, 1.165) is 5.56 Å². The molecule has 1 N–H and O–H groups in total. The number of hydrogen-bond acceptors (Lipinski definition) is 4. The Balaban J connectivity index is 1.75. The van der Waals surface area contributed by atoms with E-state index in [4.69, 9.17) is 39.5 Å². The number of nitrogens with one attached hydrogen (secondary N) is 1. The normalized spacial score (nSPS) is 10.7. The number of aromatic nitrogens is 3. The minimum absolute atomic E-state index is 0.0150. The molecule has 6 nitrogen and oxygen atoms in total. The van der Waals surface area contributed by atoms with Gasteiger partial charge in [-0.1, -0.05) is 40.9 Å². The second-order valence-electron chi connectivity index (χ2n) is 6.46. The van der Waals surface area contributed by atoms with Crippen LogP contribution < -0.4 is 10.1 Å². The molecule has 3 aromatic carbocycles. The van der Waals surface area contributed by atoms with E-state index < -0.39 is 5.91 Å². The number of amides is 1. The number of ether oxygens (including phenoxy) is 1. The van der Waals surface area contributed by atoms with Crippen molar-refractivity contribution in [2.24, 2.45) is 0 Å². The van der Waals surface area contributed by atoms with Gasteiger partial charge in [0.2, 0.25) is 5.82 Å². The van der Waals surface area contributed by atoms with Gasteiger partial charge in [0.05, 0.1) is 22.8 Å². The molecule has 4 aromatic rings. The van der Waals surface area contributed by atoms with E-state index in [1.807, 2.05) is 0 Å². The summed E-state index contributed by atoms with van der Waals surface area (Å²) in [6.07, 6.45) is 0. The van der Waals surface area contributed by atoms with Gasteiger partial charge in [0, 0.05) is 22.3 Å². The summed E-state index contributed by atoms with van der Waals surface area (Å²) < 4.78 is 6.72. The van der Waals surface area contributed by atoms with Crippen molar-refractivity contribution in [3.8, 4) is 22.8 Å². The molecule has 0 saturated carbocycles. The highest BCUT2D eigenvalue weighted by Gasteiger charge is 2.19. The molecule has 31 heavy (non-hydrogen) atoms. The smallest absolute Gasteiger partial charge is 0.295 e. The third-order valence-electron chi connectivity index (χ3n) is 4.39. The van der Waals surface area contributed by atoms with E-state index in [0.29, 0.717) is 38.0 Å². The van der Waals surface area contributed by atoms with Crippen LogP contribution in [0, 0.1) is 0 Å². The van der Waals surface area contributed by atoms with Crippen molar-refractivity contribution in [1.82, 2.24) is 14.8 Å². The fourth-order valence-corrected chi connectivity index (χ4v) is 3.30. The minimum atomic E-state index is -0.470. The molecular weight excluding hydrogens is 459 g/mol. The Morgan fingerprint density at radius 2 is 1.74 bits per heavy atom. The number of hydrogen-bond donors (Lipinski definition) is 1. The number of carbonyl (C=O) groups is 1. The quantitative estimate of drug-likeness (QED) is 0.377. The fourth-order valence-electron chi connectivity index (χ4n) is 2.88. The molecule has 0 aliphatic rings. The molecule has 0 aliphatic carbocycles. The molecule has 0 radical (unpaired) electrons. The van der Waals surface area contributed by atoms with Gasteiger partial charge in [0.1, 0.15) is 5.75 Å². The molecule has 0 bridgehead atoms. The van der Waals surface area contributed by atoms with Crippen molar-refractivity contribution >= 4 is 46.4 Å². The van der Waals surface area contributed by atoms with Gasteiger partial charge in [-0.15, -0.1) is 5.10 Å². The van der Waals surface area contributed by atoms with Gasteiger partial charge >= 0.3 is 0 Å². The highest BCUT2D eigenvalue weighted by Crippen LogP contribution is 2.28. The molecule has 1 amide bonds. The van der Waals surface area contributed by atoms with Crippen LogP contribution in [0.5, 0.6) is 5.75 Å². The molecule has 0 aliphatic heterocycles. The number of halogens is 3. The summed E-state index contributed by atoms with van der Waals surface area (Å²) in [4.78, 5) is 17.3. The number of anilines is 1. The zero-order valence-electron chi connectivity index (χ0n) is 16.1. The molecule has 0 unspecified atom stereocenters. The zero-order valence-corrected chi connectivity index (χ0v) is 18.4. The summed E-state index contributed by atoms with van der Waals surface area (Å²) in [5, 5.41) is 8.55. The standard InChI is InChI=1S/C22H15Cl3N4O2/c1-31-17-4-2-3-15(11-17)26-22(30)20-27-21(13-5-7-14(23)8-6-13)29(28-20)16-9-10-18(24)19(25)12-16/h2-12H,1H3,(H,26,30). The third kappa shape index (κ3) is 4.66. The van der Waals surface area contributed by atoms with Crippen molar-refractivity contribution < 1.29 is 9.53 Å². The first-order valence-corrected chi connectivity index (χ1v) is 10.2. The molecule has 1 aromatic heterocycles. The van der Waals surface area contributed by atoms with Crippen molar-refractivity contribution in [3.63, 3.8) is 0 Å². The second-order valence-corrected chi connectivity index (χ2v) is 7.71. The van der Waals surface area contributed by atoms with Crippen molar-refractivity contribution in [2.45, 2.75) is 0 Å². The predicted octanol–water partition coefficient (Wildman–Crippen LogP) is 6.16. The average molecular weight is 474 g/mol. The van der Waals surface area contributed by atoms with Crippen LogP contribution >= 0.6 is 34.8 Å². The summed E-state index contributed by atoms with van der Waals surface area (Å²) in [7, 11) is 1.56. The Bertz CT molecular complexity index is 1260. The molecule has 4 rings (SSSR count). The lowest BCUT2D eigenvalue weighted by atomic mass is 10.2. The van der Waals surface area contributed by atoms with Crippen LogP contribution in [0.1, 0.15) is 10.6 Å². The van der Waals surface area contributed by atoms with Crippen molar-refractivity contribution in [3.05, 3.63) is 87.6 Å². The monoisotopic (exact) mass is 472 g/mol. The van der Waals surface area contributed by atoms with Gasteiger partial charge in [-0.2, -0.15) is 0 Å². The number of benzene rings is 3. The summed E-state index contributed by atoms with van der Waals surface area (Å²) in [6, 6.07) is 19.1. The van der Waals surface area contributed by atoms with Crippen LogP contribution in [0.4, 0.5) is 5.69 Å². The largest absolute Gasteiger partial charge is 0.497 e. The Hall–Kier alpha value is -3.06. The van der Waals surface area contributed by atoms with E-state index in [-0.39, 0.29) is 5.82 Å². The van der Waals surface area contributed by atoms with Crippen LogP contribution in [-0.2, 0) is 0 Å². The van der Waals surface area contributed by atoms with Gasteiger partial charge in [-0.3, -0.25) is 4.79 Å². The Kier molecular flexibility index (Phi) is 6.13. The first-order chi connectivity index (χ1) is 14.9. The Labute approximate surface area is 193 Å². The molecule has 156 valence electrons. The van der Waals surface area contributed by atoms with Crippen molar-refractivity contribution in [1.29, 1.82) is 0 Å². The maximum absolute atomic E-state index is 12.9. The molecule has 0 saturated heterocycles. The lowest BCUT2D eigenvalue weighted by molar-refractivity contribution is 0.101. The number of carbonyl (C=O) groups excluding carboxylic acids is 1. The summed E-state index contributed by atoms with van der Waals surface area (Å²) in [5.74, 6) is 0.584. The summed E-state index contributed by atoms with van der Waals surface area (Å²) >= 11 is 18.2. The topological polar surface area (TPSA) is 69.0 Å². The average Bonchev–Trinajstić information content (AvgIpc) is 3.22. The summed E-state index contributed by atoms with van der Waals surface area (Å²) in [5.41, 5.74) is 1.89. The van der Waals surface area contributed by atoms with Crippen LogP contribution in [0.2, 0.25) is 15.1 Å². The third-order valence-corrected chi connectivity index (χ3v) is 5.38. The Morgan fingerprint density at radius 3 is 2.45 bits per heavy atom. The van der Waals surface area contributed by atoms with Crippen LogP contribution in [0.25, 0.3) is 17.1 Å². The van der Waals surface area contributed by atoms with Crippen LogP contribution in [0.3, 0.4) is 0 Å². The predicted molar refractivity (Wildman–Crippen MR) is 123 cm³/mol. The molecule has 1 heterocycles. The van der Waals surface area contributed by atoms with E-state index in [2.05, 4.69) is 15.4 Å². The number of nitrogens with zero attached hydrogens (tertiary/aromatic N) is 3.